The first-order chi connectivity index (χ1) is 12.4. The number of pyridine rings is 1. The van der Waals surface area contributed by atoms with Crippen LogP contribution in [0, 0.1) is 12.8 Å². The maximum atomic E-state index is 13.0. The van der Waals surface area contributed by atoms with E-state index >= 15 is 0 Å². The molecule has 4 rings (SSSR count). The molecule has 5 nitrogen and oxygen atoms in total. The number of rotatable bonds is 4. The summed E-state index contributed by atoms with van der Waals surface area (Å²) in [6, 6.07) is 8.11. The van der Waals surface area contributed by atoms with Crippen molar-refractivity contribution in [1.29, 1.82) is 0 Å². The van der Waals surface area contributed by atoms with Gasteiger partial charge in [0.25, 0.3) is 0 Å². The van der Waals surface area contributed by atoms with Gasteiger partial charge in [0.15, 0.2) is 5.13 Å². The normalized spacial score (nSPS) is 19.1. The second-order valence-electron chi connectivity index (χ2n) is 6.93. The third-order valence-corrected chi connectivity index (χ3v) is 5.54. The Labute approximate surface area is 154 Å². The van der Waals surface area contributed by atoms with Crippen molar-refractivity contribution in [2.24, 2.45) is 5.92 Å². The Morgan fingerprint density at radius 2 is 2.12 bits per heavy atom. The second-order valence-corrected chi connectivity index (χ2v) is 7.96. The lowest BCUT2D eigenvalue weighted by atomic mass is 10.0. The van der Waals surface area contributed by atoms with Crippen molar-refractivity contribution in [3.63, 3.8) is 0 Å². The van der Waals surface area contributed by atoms with E-state index < -0.39 is 12.1 Å². The predicted octanol–water partition coefficient (Wildman–Crippen LogP) is 2.74. The van der Waals surface area contributed by atoms with Crippen LogP contribution in [-0.2, 0) is 4.79 Å². The monoisotopic (exact) mass is 371 g/mol. The Bertz CT molecular complexity index is 1000. The Morgan fingerprint density at radius 1 is 1.35 bits per heavy atom. The Morgan fingerprint density at radius 3 is 2.77 bits per heavy atom. The van der Waals surface area contributed by atoms with Gasteiger partial charge in [-0.15, -0.1) is 0 Å². The van der Waals surface area contributed by atoms with E-state index in [0.717, 1.165) is 32.7 Å². The molecule has 0 unspecified atom stereocenters. The van der Waals surface area contributed by atoms with E-state index in [4.69, 9.17) is 0 Å². The number of benzene rings is 1. The minimum absolute atomic E-state index is 0.279. The van der Waals surface area contributed by atoms with Gasteiger partial charge in [0.1, 0.15) is 6.17 Å². The number of anilines is 1. The van der Waals surface area contributed by atoms with E-state index in [0.29, 0.717) is 11.6 Å². The first-order valence-electron chi connectivity index (χ1n) is 8.55. The lowest BCUT2D eigenvalue weighted by molar-refractivity contribution is -0.789. The molecular formula is C19H20FN4OS+. The number of thiazole rings is 1. The molecule has 1 aliphatic rings. The molecule has 1 aliphatic carbocycles. The molecule has 2 N–H and O–H groups in total. The van der Waals surface area contributed by atoms with E-state index in [-0.39, 0.29) is 5.91 Å². The minimum Gasteiger partial charge on any atom is -0.302 e. The average molecular weight is 371 g/mol. The predicted molar refractivity (Wildman–Crippen MR) is 102 cm³/mol. The van der Waals surface area contributed by atoms with Crippen molar-refractivity contribution in [3.8, 4) is 11.1 Å². The summed E-state index contributed by atoms with van der Waals surface area (Å²) in [5.41, 5.74) is 4.13. The van der Waals surface area contributed by atoms with E-state index in [1.54, 1.807) is 0 Å². The van der Waals surface area contributed by atoms with Crippen LogP contribution >= 0.6 is 11.3 Å². The highest BCUT2D eigenvalue weighted by atomic mass is 32.1. The van der Waals surface area contributed by atoms with Gasteiger partial charge >= 0.3 is 0 Å². The largest absolute Gasteiger partial charge is 0.302 e. The van der Waals surface area contributed by atoms with Crippen molar-refractivity contribution in [3.05, 3.63) is 36.0 Å². The lowest BCUT2D eigenvalue weighted by Gasteiger charge is -2.09. The Balaban J connectivity index is 1.62. The molecule has 1 aromatic carbocycles. The molecule has 0 aliphatic heterocycles. The van der Waals surface area contributed by atoms with Crippen LogP contribution in [0.1, 0.15) is 12.0 Å². The summed E-state index contributed by atoms with van der Waals surface area (Å²) in [7, 11) is 4.10. The number of fused-ring (bicyclic) bond motifs is 1. The van der Waals surface area contributed by atoms with Gasteiger partial charge in [0.2, 0.25) is 11.7 Å². The third kappa shape index (κ3) is 3.20. The molecule has 3 aromatic rings. The average Bonchev–Trinajstić information content (AvgIpc) is 3.20. The molecule has 2 aromatic heterocycles. The number of nitrogens with zero attached hydrogens (tertiary/aromatic N) is 2. The van der Waals surface area contributed by atoms with Crippen molar-refractivity contribution in [2.45, 2.75) is 19.5 Å². The lowest BCUT2D eigenvalue weighted by Crippen LogP contribution is -3.00. The molecule has 1 amide bonds. The van der Waals surface area contributed by atoms with Crippen LogP contribution in [-0.4, -0.2) is 36.1 Å². The summed E-state index contributed by atoms with van der Waals surface area (Å²) in [6.07, 6.45) is 1.22. The zero-order valence-corrected chi connectivity index (χ0v) is 15.7. The number of carbonyl (C=O) groups excluding carboxylic acids is 1. The molecule has 1 fully saturated rings. The van der Waals surface area contributed by atoms with Gasteiger partial charge in [-0.05, 0) is 36.6 Å². The topological polar surface area (TPSA) is 59.3 Å². The number of amides is 1. The van der Waals surface area contributed by atoms with E-state index in [1.807, 2.05) is 32.4 Å². The second kappa shape index (κ2) is 6.41. The number of nitrogens with one attached hydrogen (secondary N) is 2. The Hall–Kier alpha value is -2.38. The summed E-state index contributed by atoms with van der Waals surface area (Å²) in [5, 5.41) is 3.24. The molecule has 2 atom stereocenters. The first kappa shape index (κ1) is 17.1. The summed E-state index contributed by atoms with van der Waals surface area (Å²) in [5.74, 6) is 0.212. The van der Waals surface area contributed by atoms with Crippen molar-refractivity contribution < 1.29 is 14.1 Å². The quantitative estimate of drug-likeness (QED) is 0.741. The number of quaternary nitrogens is 1. The van der Waals surface area contributed by atoms with Crippen LogP contribution in [0.5, 0.6) is 0 Å². The van der Waals surface area contributed by atoms with Gasteiger partial charge in [-0.25, -0.2) is 14.4 Å². The van der Waals surface area contributed by atoms with Crippen molar-refractivity contribution >= 4 is 38.4 Å². The number of halogens is 1. The van der Waals surface area contributed by atoms with Gasteiger partial charge in [-0.2, -0.15) is 0 Å². The van der Waals surface area contributed by atoms with Gasteiger partial charge in [-0.3, -0.25) is 9.69 Å². The standard InChI is InChI=1S/C19H19FN4OS/c1-10-6-17(24(2)3)21-9-13(10)11-4-5-15-16(7-11)26-19(22-15)23-18(25)12-8-14(12)20/h4-7,9,12,14H,8H2,1-3H3,(H,22,23,25)/p+1/t12-,14+/m1/s1. The first-order valence-corrected chi connectivity index (χ1v) is 9.37. The molecular weight excluding hydrogens is 351 g/mol. The third-order valence-electron chi connectivity index (χ3n) is 4.60. The maximum Gasteiger partial charge on any atom is 0.232 e. The van der Waals surface area contributed by atoms with E-state index in [9.17, 15) is 9.18 Å². The molecule has 0 bridgehead atoms. The molecule has 0 radical (unpaired) electrons. The van der Waals surface area contributed by atoms with Gasteiger partial charge < -0.3 is 5.32 Å². The molecule has 1 saturated carbocycles. The molecule has 0 spiro atoms. The highest BCUT2D eigenvalue weighted by Gasteiger charge is 2.43. The van der Waals surface area contributed by atoms with Crippen LogP contribution < -0.4 is 10.2 Å². The summed E-state index contributed by atoms with van der Waals surface area (Å²) in [4.78, 5) is 22.0. The van der Waals surface area contributed by atoms with Gasteiger partial charge in [0, 0.05) is 17.8 Å². The zero-order chi connectivity index (χ0) is 18.4. The van der Waals surface area contributed by atoms with E-state index in [1.165, 1.54) is 16.2 Å². The van der Waals surface area contributed by atoms with Crippen LogP contribution in [0.3, 0.4) is 0 Å². The number of aryl methyl sites for hydroxylation is 1. The molecule has 26 heavy (non-hydrogen) atoms. The molecule has 2 heterocycles. The maximum absolute atomic E-state index is 13.0. The number of aromatic nitrogens is 2. The van der Waals surface area contributed by atoms with Crippen LogP contribution in [0.15, 0.2) is 30.5 Å². The minimum atomic E-state index is -1.00. The molecule has 7 heteroatoms. The smallest absolute Gasteiger partial charge is 0.232 e. The van der Waals surface area contributed by atoms with Gasteiger partial charge in [-0.1, -0.05) is 17.4 Å². The van der Waals surface area contributed by atoms with Crippen LogP contribution in [0.4, 0.5) is 15.3 Å². The molecule has 134 valence electrons. The molecule has 0 saturated heterocycles. The SMILES string of the molecule is Cc1cc([NH+](C)C)ncc1-c1ccc2nc(NC(=O)[C@@H]3C[C@@H]3F)sc2c1. The van der Waals surface area contributed by atoms with E-state index in [2.05, 4.69) is 34.3 Å². The van der Waals surface area contributed by atoms with Crippen LogP contribution in [0.25, 0.3) is 21.3 Å². The summed E-state index contributed by atoms with van der Waals surface area (Å²) in [6.45, 7) is 2.08. The number of hydrogen-bond acceptors (Lipinski definition) is 4. The fraction of sp³-hybridized carbons (Fsp3) is 0.316. The van der Waals surface area contributed by atoms with Gasteiger partial charge in [0.05, 0.1) is 30.2 Å². The Kier molecular flexibility index (Phi) is 4.20. The number of hydrogen-bond donors (Lipinski definition) is 2. The van der Waals surface area contributed by atoms with Crippen LogP contribution in [0.2, 0.25) is 0 Å². The van der Waals surface area contributed by atoms with Crippen molar-refractivity contribution in [2.75, 3.05) is 19.4 Å². The summed E-state index contributed by atoms with van der Waals surface area (Å²) < 4.78 is 14.0. The number of alkyl halides is 1. The zero-order valence-electron chi connectivity index (χ0n) is 14.8. The fourth-order valence-electron chi connectivity index (χ4n) is 2.91. The highest BCUT2D eigenvalue weighted by Crippen LogP contribution is 2.36. The summed E-state index contributed by atoms with van der Waals surface area (Å²) >= 11 is 1.40. The number of carbonyl (C=O) groups is 1. The van der Waals surface area contributed by atoms with Crippen molar-refractivity contribution in [1.82, 2.24) is 9.97 Å². The fourth-order valence-corrected chi connectivity index (χ4v) is 3.82. The highest BCUT2D eigenvalue weighted by molar-refractivity contribution is 7.22.